The average molecular weight is 183 g/mol. The third-order valence-electron chi connectivity index (χ3n) is 1.50. The molecule has 1 aromatic heterocycles. The molecule has 0 saturated heterocycles. The topological polar surface area (TPSA) is 37.0 Å². The van der Waals surface area contributed by atoms with Crippen LogP contribution in [0.2, 0.25) is 0 Å². The molecule has 0 radical (unpaired) electrons. The van der Waals surface area contributed by atoms with Crippen molar-refractivity contribution in [2.75, 3.05) is 14.1 Å². The molecule has 0 aromatic carbocycles. The summed E-state index contributed by atoms with van der Waals surface area (Å²) in [4.78, 5) is 4.18. The highest BCUT2D eigenvalue weighted by atomic mass is 32.1. The number of allylic oxidation sites excluding steroid dienone is 1. The summed E-state index contributed by atoms with van der Waals surface area (Å²) in [5.74, 6) is 1.03. The Kier molecular flexibility index (Phi) is 3.60. The number of hydrogen-bond acceptors (Lipinski definition) is 4. The molecule has 0 aliphatic carbocycles. The lowest BCUT2D eigenvalue weighted by Crippen LogP contribution is -2.19. The van der Waals surface area contributed by atoms with Gasteiger partial charge in [0.15, 0.2) is 0 Å². The van der Waals surface area contributed by atoms with Gasteiger partial charge in [-0.25, -0.2) is 4.98 Å². The van der Waals surface area contributed by atoms with Crippen LogP contribution in [0.25, 0.3) is 0 Å². The van der Waals surface area contributed by atoms with Crippen molar-refractivity contribution in [1.29, 1.82) is 0 Å². The Bertz CT molecular complexity index is 235. The van der Waals surface area contributed by atoms with Gasteiger partial charge in [-0.3, -0.25) is 0 Å². The van der Waals surface area contributed by atoms with Crippen LogP contribution in [0.1, 0.15) is 5.01 Å². The lowest BCUT2D eigenvalue weighted by atomic mass is 10.4. The molecule has 4 heteroatoms. The van der Waals surface area contributed by atoms with E-state index in [1.807, 2.05) is 25.7 Å². The van der Waals surface area contributed by atoms with Gasteiger partial charge in [0.1, 0.15) is 0 Å². The van der Waals surface area contributed by atoms with E-state index in [0.717, 1.165) is 17.2 Å². The van der Waals surface area contributed by atoms with Crippen molar-refractivity contribution in [1.82, 2.24) is 15.6 Å². The second-order valence-corrected chi connectivity index (χ2v) is 3.23. The lowest BCUT2D eigenvalue weighted by Gasteiger charge is -2.03. The Morgan fingerprint density at radius 2 is 2.33 bits per heavy atom. The molecule has 12 heavy (non-hydrogen) atoms. The van der Waals surface area contributed by atoms with Crippen LogP contribution in [-0.4, -0.2) is 19.1 Å². The number of nitrogens with zero attached hydrogens (tertiary/aromatic N) is 1. The smallest absolute Gasteiger partial charge is 0.0964 e. The third kappa shape index (κ3) is 2.54. The molecule has 0 aliphatic rings. The van der Waals surface area contributed by atoms with Gasteiger partial charge in [-0.2, -0.15) is 0 Å². The first kappa shape index (κ1) is 9.06. The van der Waals surface area contributed by atoms with Crippen molar-refractivity contribution >= 4 is 11.3 Å². The summed E-state index contributed by atoms with van der Waals surface area (Å²) in [6, 6.07) is 0. The van der Waals surface area contributed by atoms with E-state index < -0.39 is 0 Å². The van der Waals surface area contributed by atoms with Crippen LogP contribution in [0, 0.1) is 0 Å². The molecule has 3 nitrogen and oxygen atoms in total. The number of nitrogens with one attached hydrogen (secondary N) is 2. The van der Waals surface area contributed by atoms with Crippen LogP contribution >= 0.6 is 11.3 Å². The molecular formula is C8H13N3S. The number of hydrogen-bond donors (Lipinski definition) is 2. The van der Waals surface area contributed by atoms with Crippen molar-refractivity contribution in [3.05, 3.63) is 28.5 Å². The van der Waals surface area contributed by atoms with E-state index in [0.29, 0.717) is 0 Å². The first-order valence-corrected chi connectivity index (χ1v) is 4.69. The van der Waals surface area contributed by atoms with Gasteiger partial charge in [-0.15, -0.1) is 11.3 Å². The van der Waals surface area contributed by atoms with E-state index in [9.17, 15) is 0 Å². The van der Waals surface area contributed by atoms with Gasteiger partial charge in [-0.1, -0.05) is 0 Å². The Morgan fingerprint density at radius 1 is 1.58 bits per heavy atom. The summed E-state index contributed by atoms with van der Waals surface area (Å²) in [6.45, 7) is 0. The monoisotopic (exact) mass is 183 g/mol. The molecule has 0 fully saturated rings. The number of thiazole rings is 1. The van der Waals surface area contributed by atoms with E-state index in [2.05, 4.69) is 21.7 Å². The predicted molar refractivity (Wildman–Crippen MR) is 52.0 cm³/mol. The summed E-state index contributed by atoms with van der Waals surface area (Å²) in [5.41, 5.74) is 0. The maximum Gasteiger partial charge on any atom is 0.0964 e. The fraction of sp³-hybridized carbons (Fsp3) is 0.375. The fourth-order valence-electron chi connectivity index (χ4n) is 0.872. The standard InChI is InChI=1S/C8H13N3S/c1-9-7(10-2)3-4-8-11-5-6-12-8/h3,5-6,9-10H,4H2,1-2H3. The normalized spacial score (nSPS) is 9.17. The molecule has 1 heterocycles. The quantitative estimate of drug-likeness (QED) is 0.730. The summed E-state index contributed by atoms with van der Waals surface area (Å²) in [6.07, 6.45) is 4.79. The Labute approximate surface area is 76.5 Å². The Hall–Kier alpha value is -1.03. The number of rotatable bonds is 4. The largest absolute Gasteiger partial charge is 0.375 e. The highest BCUT2D eigenvalue weighted by molar-refractivity contribution is 7.09. The van der Waals surface area contributed by atoms with Gasteiger partial charge in [-0.05, 0) is 6.08 Å². The van der Waals surface area contributed by atoms with Gasteiger partial charge in [0.2, 0.25) is 0 Å². The highest BCUT2D eigenvalue weighted by Crippen LogP contribution is 2.05. The Balaban J connectivity index is 2.47. The van der Waals surface area contributed by atoms with Crippen LogP contribution in [0.3, 0.4) is 0 Å². The fourth-order valence-corrected chi connectivity index (χ4v) is 1.45. The molecule has 2 N–H and O–H groups in total. The van der Waals surface area contributed by atoms with Crippen molar-refractivity contribution in [2.24, 2.45) is 0 Å². The van der Waals surface area contributed by atoms with Crippen LogP contribution < -0.4 is 10.6 Å². The van der Waals surface area contributed by atoms with E-state index in [1.54, 1.807) is 11.3 Å². The molecule has 0 unspecified atom stereocenters. The minimum Gasteiger partial charge on any atom is -0.375 e. The van der Waals surface area contributed by atoms with Gasteiger partial charge in [0.05, 0.1) is 10.8 Å². The zero-order valence-corrected chi connectivity index (χ0v) is 8.11. The summed E-state index contributed by atoms with van der Waals surface area (Å²) >= 11 is 1.67. The maximum atomic E-state index is 4.18. The molecule has 0 bridgehead atoms. The predicted octanol–water partition coefficient (Wildman–Crippen LogP) is 0.966. The molecule has 0 atom stereocenters. The van der Waals surface area contributed by atoms with Crippen LogP contribution in [0.4, 0.5) is 0 Å². The van der Waals surface area contributed by atoms with E-state index in [4.69, 9.17) is 0 Å². The van der Waals surface area contributed by atoms with Crippen LogP contribution in [0.15, 0.2) is 23.5 Å². The first-order chi connectivity index (χ1) is 5.86. The maximum absolute atomic E-state index is 4.18. The molecule has 0 aliphatic heterocycles. The SMILES string of the molecule is CNC(=CCc1nccs1)NC. The van der Waals surface area contributed by atoms with Crippen molar-refractivity contribution in [2.45, 2.75) is 6.42 Å². The summed E-state index contributed by atoms with van der Waals surface area (Å²) in [5, 5.41) is 9.21. The van der Waals surface area contributed by atoms with Crippen molar-refractivity contribution in [3.8, 4) is 0 Å². The highest BCUT2D eigenvalue weighted by Gasteiger charge is 1.92. The molecule has 1 rings (SSSR count). The lowest BCUT2D eigenvalue weighted by molar-refractivity contribution is 0.826. The average Bonchev–Trinajstić information content (AvgIpc) is 2.59. The van der Waals surface area contributed by atoms with Gasteiger partial charge in [0.25, 0.3) is 0 Å². The van der Waals surface area contributed by atoms with Crippen LogP contribution in [0.5, 0.6) is 0 Å². The molecule has 1 aromatic rings. The first-order valence-electron chi connectivity index (χ1n) is 3.81. The molecule has 0 spiro atoms. The third-order valence-corrected chi connectivity index (χ3v) is 2.30. The minimum atomic E-state index is 0.884. The summed E-state index contributed by atoms with van der Waals surface area (Å²) in [7, 11) is 3.79. The second kappa shape index (κ2) is 4.77. The van der Waals surface area contributed by atoms with Crippen molar-refractivity contribution in [3.63, 3.8) is 0 Å². The molecule has 0 saturated carbocycles. The molecule has 0 amide bonds. The van der Waals surface area contributed by atoms with Crippen LogP contribution in [-0.2, 0) is 6.42 Å². The van der Waals surface area contributed by atoms with E-state index in [-0.39, 0.29) is 0 Å². The Morgan fingerprint density at radius 3 is 2.83 bits per heavy atom. The van der Waals surface area contributed by atoms with Gasteiger partial charge < -0.3 is 10.6 Å². The van der Waals surface area contributed by atoms with E-state index >= 15 is 0 Å². The zero-order valence-electron chi connectivity index (χ0n) is 7.29. The minimum absolute atomic E-state index is 0.884. The second-order valence-electron chi connectivity index (χ2n) is 2.25. The number of aromatic nitrogens is 1. The molecule has 66 valence electrons. The van der Waals surface area contributed by atoms with Crippen molar-refractivity contribution < 1.29 is 0 Å². The molecular weight excluding hydrogens is 170 g/mol. The van der Waals surface area contributed by atoms with Gasteiger partial charge in [0, 0.05) is 32.1 Å². The summed E-state index contributed by atoms with van der Waals surface area (Å²) < 4.78 is 0. The zero-order chi connectivity index (χ0) is 8.81. The van der Waals surface area contributed by atoms with Gasteiger partial charge >= 0.3 is 0 Å². The van der Waals surface area contributed by atoms with E-state index in [1.165, 1.54) is 0 Å².